The minimum atomic E-state index is -2.07. The van der Waals surface area contributed by atoms with Crippen molar-refractivity contribution in [3.8, 4) is 5.75 Å². The number of carbonyl (C=O) groups is 2. The Morgan fingerprint density at radius 2 is 1.63 bits per heavy atom. The number of carbonyl (C=O) groups excluding carboxylic acids is 2. The molecule has 0 aromatic heterocycles. The van der Waals surface area contributed by atoms with Crippen LogP contribution in [0.1, 0.15) is 77.2 Å². The Hall–Kier alpha value is -2.84. The second kappa shape index (κ2) is 13.4. The summed E-state index contributed by atoms with van der Waals surface area (Å²) >= 11 is 0. The molecule has 1 heterocycles. The zero-order valence-electron chi connectivity index (χ0n) is 26.5. The van der Waals surface area contributed by atoms with Gasteiger partial charge in [-0.05, 0) is 87.5 Å². The van der Waals surface area contributed by atoms with Crippen LogP contribution in [0.4, 0.5) is 4.79 Å². The third kappa shape index (κ3) is 9.07. The largest absolute Gasteiger partial charge is 0.543 e. The molecule has 226 valence electrons. The van der Waals surface area contributed by atoms with Gasteiger partial charge in [0.05, 0.1) is 18.8 Å². The number of amides is 2. The zero-order chi connectivity index (χ0) is 30.4. The number of hydrogen-bond donors (Lipinski definition) is 1. The molecule has 0 spiro atoms. The fourth-order valence-electron chi connectivity index (χ4n) is 4.79. The van der Waals surface area contributed by atoms with Gasteiger partial charge in [0, 0.05) is 18.7 Å². The molecular weight excluding hydrogens is 532 g/mol. The predicted octanol–water partition coefficient (Wildman–Crippen LogP) is 7.42. The lowest BCUT2D eigenvalue weighted by Crippen LogP contribution is -2.51. The lowest BCUT2D eigenvalue weighted by atomic mass is 9.99. The monoisotopic (exact) mass is 582 g/mol. The van der Waals surface area contributed by atoms with Gasteiger partial charge in [-0.15, -0.1) is 0 Å². The molecule has 3 rings (SSSR count). The van der Waals surface area contributed by atoms with Crippen LogP contribution in [0.15, 0.2) is 54.6 Å². The highest BCUT2D eigenvalue weighted by Crippen LogP contribution is 2.44. The van der Waals surface area contributed by atoms with Crippen molar-refractivity contribution >= 4 is 20.3 Å². The van der Waals surface area contributed by atoms with E-state index in [4.69, 9.17) is 13.9 Å². The molecule has 2 atom stereocenters. The fraction of sp³-hybridized carbons (Fsp3) is 0.576. The van der Waals surface area contributed by atoms with Gasteiger partial charge in [-0.25, -0.2) is 4.79 Å². The average Bonchev–Trinajstić information content (AvgIpc) is 3.09. The second-order valence-corrected chi connectivity index (χ2v) is 18.0. The van der Waals surface area contributed by atoms with Crippen LogP contribution in [0.2, 0.25) is 18.1 Å². The molecule has 0 saturated carbocycles. The average molecular weight is 583 g/mol. The lowest BCUT2D eigenvalue weighted by molar-refractivity contribution is 0.00421. The van der Waals surface area contributed by atoms with Gasteiger partial charge in [-0.1, -0.05) is 58.0 Å². The third-order valence-corrected chi connectivity index (χ3v) is 13.0. The molecule has 1 fully saturated rings. The number of nitrogens with one attached hydrogen (secondary N) is 1. The van der Waals surface area contributed by atoms with Gasteiger partial charge in [-0.3, -0.25) is 4.79 Å². The van der Waals surface area contributed by atoms with Crippen molar-refractivity contribution < 1.29 is 23.5 Å². The number of likely N-dealkylation sites (tertiary alicyclic amines) is 1. The van der Waals surface area contributed by atoms with Crippen molar-refractivity contribution in [3.05, 3.63) is 65.7 Å². The van der Waals surface area contributed by atoms with Gasteiger partial charge >= 0.3 is 6.09 Å². The first-order valence-electron chi connectivity index (χ1n) is 14.8. The van der Waals surface area contributed by atoms with Crippen molar-refractivity contribution in [2.24, 2.45) is 5.92 Å². The number of benzene rings is 2. The van der Waals surface area contributed by atoms with E-state index in [0.29, 0.717) is 31.2 Å². The molecule has 0 radical (unpaired) electrons. The van der Waals surface area contributed by atoms with Gasteiger partial charge in [0.15, 0.2) is 0 Å². The van der Waals surface area contributed by atoms with Crippen LogP contribution in [0.25, 0.3) is 0 Å². The van der Waals surface area contributed by atoms with E-state index in [9.17, 15) is 9.59 Å². The molecule has 2 aromatic carbocycles. The zero-order valence-corrected chi connectivity index (χ0v) is 27.5. The third-order valence-electron chi connectivity index (χ3n) is 8.54. The summed E-state index contributed by atoms with van der Waals surface area (Å²) < 4.78 is 18.5. The number of rotatable bonds is 9. The quantitative estimate of drug-likeness (QED) is 0.311. The van der Waals surface area contributed by atoms with Gasteiger partial charge < -0.3 is 24.1 Å². The normalized spacial score (nSPS) is 18.5. The van der Waals surface area contributed by atoms with Gasteiger partial charge in [0.25, 0.3) is 14.2 Å². The molecular formula is C33H50N2O5Si. The first-order valence-corrected chi connectivity index (χ1v) is 17.7. The summed E-state index contributed by atoms with van der Waals surface area (Å²) in [5.74, 6) is 1.06. The van der Waals surface area contributed by atoms with Crippen LogP contribution in [0.3, 0.4) is 0 Å². The van der Waals surface area contributed by atoms with Crippen LogP contribution < -0.4 is 9.74 Å². The van der Waals surface area contributed by atoms with E-state index in [1.165, 1.54) is 0 Å². The van der Waals surface area contributed by atoms with E-state index in [1.54, 1.807) is 17.0 Å². The summed E-state index contributed by atoms with van der Waals surface area (Å²) in [4.78, 5) is 28.1. The van der Waals surface area contributed by atoms with Crippen molar-refractivity contribution in [3.63, 3.8) is 0 Å². The highest BCUT2D eigenvalue weighted by molar-refractivity contribution is 6.75. The van der Waals surface area contributed by atoms with Gasteiger partial charge in [-0.2, -0.15) is 0 Å². The summed E-state index contributed by atoms with van der Waals surface area (Å²) in [6, 6.07) is 17.0. The van der Waals surface area contributed by atoms with Gasteiger partial charge in [0.2, 0.25) is 0 Å². The summed E-state index contributed by atoms with van der Waals surface area (Å²) in [6.45, 7) is 20.4. The molecule has 2 amide bonds. The predicted molar refractivity (Wildman–Crippen MR) is 167 cm³/mol. The van der Waals surface area contributed by atoms with Crippen LogP contribution in [0.5, 0.6) is 5.75 Å². The topological polar surface area (TPSA) is 77.1 Å². The van der Waals surface area contributed by atoms with E-state index in [0.717, 1.165) is 24.2 Å². The molecule has 1 aliphatic rings. The minimum absolute atomic E-state index is 0.0807. The van der Waals surface area contributed by atoms with Crippen LogP contribution in [-0.2, 0) is 16.1 Å². The van der Waals surface area contributed by atoms with Crippen molar-refractivity contribution in [2.45, 2.75) is 104 Å². The van der Waals surface area contributed by atoms with Crippen LogP contribution in [0, 0.1) is 5.92 Å². The number of hydrogen-bond acceptors (Lipinski definition) is 5. The highest BCUT2D eigenvalue weighted by Gasteiger charge is 2.45. The molecule has 1 N–H and O–H groups in total. The van der Waals surface area contributed by atoms with Crippen LogP contribution in [-0.4, -0.2) is 56.1 Å². The maximum absolute atomic E-state index is 13.5. The second-order valence-electron chi connectivity index (χ2n) is 13.5. The molecule has 1 saturated heterocycles. The first kappa shape index (κ1) is 32.7. The standard InChI is InChI=1S/C33H50N2O5Si/c1-24(2)33(6,7)41(8,9)40-27-19-17-26(18-20-27)30(36)34-28-22-35(31(37)39-32(3,4)5)21-13-16-29(28)38-23-25-14-11-10-12-15-25/h10-12,14-15,17-20,24,28-29H,13,16,21-23H2,1-9H3,(H,34,36)/t28-,29-/m1/s1. The molecule has 0 aliphatic carbocycles. The molecule has 41 heavy (non-hydrogen) atoms. The molecule has 1 aliphatic heterocycles. The van der Waals surface area contributed by atoms with Gasteiger partial charge in [0.1, 0.15) is 11.4 Å². The van der Waals surface area contributed by atoms with Crippen molar-refractivity contribution in [1.82, 2.24) is 10.2 Å². The Kier molecular flexibility index (Phi) is 10.7. The molecule has 2 aromatic rings. The maximum Gasteiger partial charge on any atom is 0.410 e. The Morgan fingerprint density at radius 1 is 1.00 bits per heavy atom. The molecule has 0 bridgehead atoms. The minimum Gasteiger partial charge on any atom is -0.543 e. The number of ether oxygens (including phenoxy) is 2. The summed E-state index contributed by atoms with van der Waals surface area (Å²) in [5.41, 5.74) is 1.00. The summed E-state index contributed by atoms with van der Waals surface area (Å²) in [7, 11) is -2.07. The smallest absolute Gasteiger partial charge is 0.410 e. The molecule has 7 nitrogen and oxygen atoms in total. The Bertz CT molecular complexity index is 1140. The van der Waals surface area contributed by atoms with E-state index in [1.807, 2.05) is 63.2 Å². The number of nitrogens with zero attached hydrogens (tertiary/aromatic N) is 1. The Morgan fingerprint density at radius 3 is 2.22 bits per heavy atom. The maximum atomic E-state index is 13.5. The summed E-state index contributed by atoms with van der Waals surface area (Å²) in [5, 5.41) is 3.25. The SMILES string of the molecule is CC(C)C(C)(C)[Si](C)(C)Oc1ccc(C(=O)N[C@@H]2CN(C(=O)OC(C)(C)C)CCC[C@H]2OCc2ccccc2)cc1. The van der Waals surface area contributed by atoms with E-state index >= 15 is 0 Å². The molecule has 0 unspecified atom stereocenters. The summed E-state index contributed by atoms with van der Waals surface area (Å²) in [6.07, 6.45) is 0.843. The Balaban J connectivity index is 1.75. The van der Waals surface area contributed by atoms with Crippen molar-refractivity contribution in [1.29, 1.82) is 0 Å². The fourth-order valence-corrected chi connectivity index (χ4v) is 7.16. The van der Waals surface area contributed by atoms with E-state index < -0.39 is 20.0 Å². The van der Waals surface area contributed by atoms with Crippen LogP contribution >= 0.6 is 0 Å². The highest BCUT2D eigenvalue weighted by atomic mass is 28.4. The van der Waals surface area contributed by atoms with E-state index in [2.05, 4.69) is 46.1 Å². The van der Waals surface area contributed by atoms with Crippen molar-refractivity contribution in [2.75, 3.05) is 13.1 Å². The lowest BCUT2D eigenvalue weighted by Gasteiger charge is -2.42. The van der Waals surface area contributed by atoms with E-state index in [-0.39, 0.29) is 23.1 Å². The molecule has 8 heteroatoms. The first-order chi connectivity index (χ1) is 19.1. The Labute approximate surface area is 248 Å².